The summed E-state index contributed by atoms with van der Waals surface area (Å²) in [7, 11) is 1.63. The molecule has 0 spiro atoms. The highest BCUT2D eigenvalue weighted by Crippen LogP contribution is 1.92. The lowest BCUT2D eigenvalue weighted by Crippen LogP contribution is -2.15. The van der Waals surface area contributed by atoms with Crippen molar-refractivity contribution in [1.29, 1.82) is 0 Å². The van der Waals surface area contributed by atoms with E-state index in [4.69, 9.17) is 5.73 Å². The van der Waals surface area contributed by atoms with Crippen molar-refractivity contribution in [2.75, 3.05) is 7.05 Å². The van der Waals surface area contributed by atoms with Crippen LogP contribution in [0.15, 0.2) is 17.3 Å². The second-order valence-corrected chi connectivity index (χ2v) is 2.10. The van der Waals surface area contributed by atoms with Crippen LogP contribution < -0.4 is 5.73 Å². The van der Waals surface area contributed by atoms with Crippen molar-refractivity contribution >= 4 is 5.84 Å². The van der Waals surface area contributed by atoms with Gasteiger partial charge in [0.25, 0.3) is 0 Å². The summed E-state index contributed by atoms with van der Waals surface area (Å²) < 4.78 is 0. The highest BCUT2D eigenvalue weighted by molar-refractivity contribution is 5.95. The van der Waals surface area contributed by atoms with Gasteiger partial charge in [-0.3, -0.25) is 4.99 Å². The molecule has 0 unspecified atom stereocenters. The van der Waals surface area contributed by atoms with Crippen LogP contribution in [0.1, 0.15) is 11.5 Å². The molecule has 58 valence electrons. The Morgan fingerprint density at radius 1 is 1.64 bits per heavy atom. The van der Waals surface area contributed by atoms with E-state index in [2.05, 4.69) is 15.0 Å². The third kappa shape index (κ3) is 1.73. The Morgan fingerprint density at radius 2 is 2.36 bits per heavy atom. The van der Waals surface area contributed by atoms with E-state index in [0.29, 0.717) is 17.4 Å². The highest BCUT2D eigenvalue weighted by atomic mass is 14.9. The summed E-state index contributed by atoms with van der Waals surface area (Å²) in [5, 5.41) is 0. The second kappa shape index (κ2) is 3.09. The molecule has 0 saturated heterocycles. The fraction of sp³-hybridized carbons (Fsp3) is 0.286. The minimum atomic E-state index is 0.440. The minimum absolute atomic E-state index is 0.440. The SMILES string of the molecule is CN=C(N)c1ccnc(C)n1. The molecule has 1 aromatic heterocycles. The molecule has 1 rings (SSSR count). The summed E-state index contributed by atoms with van der Waals surface area (Å²) in [4.78, 5) is 11.8. The van der Waals surface area contributed by atoms with Crippen molar-refractivity contribution in [3.63, 3.8) is 0 Å². The fourth-order valence-electron chi connectivity index (χ4n) is 0.713. The Balaban J connectivity index is 3.06. The average Bonchev–Trinajstić information content (AvgIpc) is 2.03. The van der Waals surface area contributed by atoms with E-state index in [1.807, 2.05) is 6.92 Å². The monoisotopic (exact) mass is 150 g/mol. The standard InChI is InChI=1S/C7H10N4/c1-5-10-4-3-6(11-5)7(8)9-2/h3-4H,1-2H3,(H2,8,9). The van der Waals surface area contributed by atoms with Gasteiger partial charge in [-0.15, -0.1) is 0 Å². The number of rotatable bonds is 1. The average molecular weight is 150 g/mol. The molecule has 11 heavy (non-hydrogen) atoms. The molecule has 0 saturated carbocycles. The fourth-order valence-corrected chi connectivity index (χ4v) is 0.713. The third-order valence-electron chi connectivity index (χ3n) is 1.28. The predicted octanol–water partition coefficient (Wildman–Crippen LogP) is 0.120. The summed E-state index contributed by atoms with van der Waals surface area (Å²) in [5.41, 5.74) is 6.20. The van der Waals surface area contributed by atoms with Crippen molar-refractivity contribution in [2.24, 2.45) is 10.7 Å². The van der Waals surface area contributed by atoms with Crippen LogP contribution in [0, 0.1) is 6.92 Å². The number of hydrogen-bond acceptors (Lipinski definition) is 3. The first-order chi connectivity index (χ1) is 5.24. The van der Waals surface area contributed by atoms with Crippen molar-refractivity contribution < 1.29 is 0 Å². The molecular formula is C7H10N4. The first-order valence-corrected chi connectivity index (χ1v) is 3.26. The lowest BCUT2D eigenvalue weighted by atomic mass is 10.4. The molecule has 1 heterocycles. The molecule has 4 heteroatoms. The van der Waals surface area contributed by atoms with Gasteiger partial charge in [-0.2, -0.15) is 0 Å². The smallest absolute Gasteiger partial charge is 0.144 e. The van der Waals surface area contributed by atoms with E-state index >= 15 is 0 Å². The quantitative estimate of drug-likeness (QED) is 0.457. The molecule has 2 N–H and O–H groups in total. The second-order valence-electron chi connectivity index (χ2n) is 2.10. The van der Waals surface area contributed by atoms with E-state index in [9.17, 15) is 0 Å². The third-order valence-corrected chi connectivity index (χ3v) is 1.28. The molecule has 0 aromatic carbocycles. The lowest BCUT2D eigenvalue weighted by molar-refractivity contribution is 1.04. The topological polar surface area (TPSA) is 64.2 Å². The largest absolute Gasteiger partial charge is 0.382 e. The Bertz CT molecular complexity index is 280. The van der Waals surface area contributed by atoms with Crippen LogP contribution in [0.3, 0.4) is 0 Å². The summed E-state index contributed by atoms with van der Waals surface area (Å²) >= 11 is 0. The molecule has 0 fully saturated rings. The maximum absolute atomic E-state index is 5.52. The molecule has 0 amide bonds. The van der Waals surface area contributed by atoms with Gasteiger partial charge >= 0.3 is 0 Å². The van der Waals surface area contributed by atoms with E-state index < -0.39 is 0 Å². The van der Waals surface area contributed by atoms with Crippen molar-refractivity contribution in [1.82, 2.24) is 9.97 Å². The van der Waals surface area contributed by atoms with Crippen molar-refractivity contribution in [3.8, 4) is 0 Å². The van der Waals surface area contributed by atoms with Crippen LogP contribution in [0.5, 0.6) is 0 Å². The van der Waals surface area contributed by atoms with Crippen molar-refractivity contribution in [2.45, 2.75) is 6.92 Å². The zero-order valence-corrected chi connectivity index (χ0v) is 6.57. The van der Waals surface area contributed by atoms with Crippen LogP contribution in [0.25, 0.3) is 0 Å². The van der Waals surface area contributed by atoms with E-state index in [0.717, 1.165) is 0 Å². The van der Waals surface area contributed by atoms with Gasteiger partial charge < -0.3 is 5.73 Å². The van der Waals surface area contributed by atoms with Crippen LogP contribution in [-0.4, -0.2) is 22.9 Å². The number of amidine groups is 1. The van der Waals surface area contributed by atoms with Gasteiger partial charge in [-0.25, -0.2) is 9.97 Å². The number of hydrogen-bond donors (Lipinski definition) is 1. The molecule has 0 aliphatic carbocycles. The number of nitrogens with zero attached hydrogens (tertiary/aromatic N) is 3. The number of nitrogens with two attached hydrogens (primary N) is 1. The van der Waals surface area contributed by atoms with Crippen LogP contribution in [-0.2, 0) is 0 Å². The van der Waals surface area contributed by atoms with Crippen LogP contribution in [0.4, 0.5) is 0 Å². The molecule has 0 radical (unpaired) electrons. The number of aromatic nitrogens is 2. The van der Waals surface area contributed by atoms with Gasteiger partial charge in [0.2, 0.25) is 0 Å². The van der Waals surface area contributed by atoms with Gasteiger partial charge in [0, 0.05) is 13.2 Å². The van der Waals surface area contributed by atoms with E-state index in [1.54, 1.807) is 19.3 Å². The zero-order chi connectivity index (χ0) is 8.27. The molecule has 0 aliphatic heterocycles. The normalized spacial score (nSPS) is 11.6. The van der Waals surface area contributed by atoms with E-state index in [1.165, 1.54) is 0 Å². The molecule has 0 aliphatic rings. The van der Waals surface area contributed by atoms with Crippen LogP contribution >= 0.6 is 0 Å². The first kappa shape index (κ1) is 7.65. The molecule has 4 nitrogen and oxygen atoms in total. The van der Waals surface area contributed by atoms with Crippen LogP contribution in [0.2, 0.25) is 0 Å². The maximum Gasteiger partial charge on any atom is 0.144 e. The Kier molecular flexibility index (Phi) is 2.15. The first-order valence-electron chi connectivity index (χ1n) is 3.26. The number of aliphatic imine (C=N–C) groups is 1. The predicted molar refractivity (Wildman–Crippen MR) is 43.4 cm³/mol. The number of aryl methyl sites for hydroxylation is 1. The minimum Gasteiger partial charge on any atom is -0.382 e. The van der Waals surface area contributed by atoms with Crippen molar-refractivity contribution in [3.05, 3.63) is 23.8 Å². The van der Waals surface area contributed by atoms with E-state index in [-0.39, 0.29) is 0 Å². The summed E-state index contributed by atoms with van der Waals surface area (Å²) in [6, 6.07) is 1.73. The Labute approximate surface area is 65.2 Å². The molecular weight excluding hydrogens is 140 g/mol. The summed E-state index contributed by atoms with van der Waals surface area (Å²) in [5.74, 6) is 1.14. The van der Waals surface area contributed by atoms with Gasteiger partial charge in [0.15, 0.2) is 0 Å². The summed E-state index contributed by atoms with van der Waals surface area (Å²) in [6.45, 7) is 1.81. The van der Waals surface area contributed by atoms with Gasteiger partial charge in [-0.05, 0) is 13.0 Å². The van der Waals surface area contributed by atoms with Gasteiger partial charge in [0.1, 0.15) is 17.4 Å². The lowest BCUT2D eigenvalue weighted by Gasteiger charge is -1.97. The Hall–Kier alpha value is -1.45. The Morgan fingerprint density at radius 3 is 2.91 bits per heavy atom. The zero-order valence-electron chi connectivity index (χ0n) is 6.57. The molecule has 0 atom stereocenters. The maximum atomic E-state index is 5.52. The molecule has 0 bridgehead atoms. The molecule has 1 aromatic rings. The summed E-state index contributed by atoms with van der Waals surface area (Å²) in [6.07, 6.45) is 1.66. The van der Waals surface area contributed by atoms with Gasteiger partial charge in [-0.1, -0.05) is 0 Å². The highest BCUT2D eigenvalue weighted by Gasteiger charge is 1.97. The van der Waals surface area contributed by atoms with Gasteiger partial charge in [0.05, 0.1) is 0 Å².